The van der Waals surface area contributed by atoms with E-state index in [4.69, 9.17) is 21.7 Å². The number of nitrogens with one attached hydrogen (secondary N) is 2. The van der Waals surface area contributed by atoms with Crippen LogP contribution in [-0.2, 0) is 6.42 Å². The van der Waals surface area contributed by atoms with Crippen molar-refractivity contribution in [2.75, 3.05) is 26.1 Å². The summed E-state index contributed by atoms with van der Waals surface area (Å²) in [6, 6.07) is 8.86. The minimum atomic E-state index is -0.398. The van der Waals surface area contributed by atoms with Gasteiger partial charge in [-0.2, -0.15) is 0 Å². The molecule has 2 aromatic carbocycles. The second kappa shape index (κ2) is 9.35. The van der Waals surface area contributed by atoms with Gasteiger partial charge < -0.3 is 20.1 Å². The van der Waals surface area contributed by atoms with Crippen molar-refractivity contribution in [2.24, 2.45) is 0 Å². The second-order valence-corrected chi connectivity index (χ2v) is 7.24. The van der Waals surface area contributed by atoms with Crippen LogP contribution >= 0.6 is 44.1 Å². The number of thiocarbonyl (C=S) groups is 1. The molecule has 2 N–H and O–H groups in total. The predicted molar refractivity (Wildman–Crippen MR) is 109 cm³/mol. The predicted octanol–water partition coefficient (Wildman–Crippen LogP) is 4.90. The van der Waals surface area contributed by atoms with E-state index >= 15 is 0 Å². The SMILES string of the molecule is COc1ccc(CCNC(=S)Nc2c(F)cc(Br)cc2Br)cc1OC. The van der Waals surface area contributed by atoms with Gasteiger partial charge in [0.25, 0.3) is 0 Å². The molecule has 0 atom stereocenters. The Kier molecular flexibility index (Phi) is 7.46. The summed E-state index contributed by atoms with van der Waals surface area (Å²) in [5.41, 5.74) is 1.37. The van der Waals surface area contributed by atoms with Gasteiger partial charge in [-0.1, -0.05) is 22.0 Å². The molecular weight excluding hydrogens is 475 g/mol. The zero-order valence-corrected chi connectivity index (χ0v) is 17.6. The highest BCUT2D eigenvalue weighted by atomic mass is 79.9. The molecule has 0 radical (unpaired) electrons. The minimum absolute atomic E-state index is 0.298. The van der Waals surface area contributed by atoms with Crippen LogP contribution in [0.25, 0.3) is 0 Å². The average Bonchev–Trinajstić information content (AvgIpc) is 2.58. The summed E-state index contributed by atoms with van der Waals surface area (Å²) in [5, 5.41) is 6.28. The molecule has 0 aliphatic rings. The molecule has 25 heavy (non-hydrogen) atoms. The first kappa shape index (κ1) is 19.9. The molecule has 0 fully saturated rings. The van der Waals surface area contributed by atoms with Crippen LogP contribution in [0.5, 0.6) is 11.5 Å². The molecule has 8 heteroatoms. The van der Waals surface area contributed by atoms with Crippen LogP contribution in [0.15, 0.2) is 39.3 Å². The van der Waals surface area contributed by atoms with Gasteiger partial charge in [0.15, 0.2) is 16.6 Å². The van der Waals surface area contributed by atoms with Crippen LogP contribution in [0, 0.1) is 5.82 Å². The lowest BCUT2D eigenvalue weighted by molar-refractivity contribution is 0.354. The molecule has 2 rings (SSSR count). The van der Waals surface area contributed by atoms with Crippen molar-refractivity contribution in [3.63, 3.8) is 0 Å². The van der Waals surface area contributed by atoms with E-state index in [0.29, 0.717) is 37.8 Å². The van der Waals surface area contributed by atoms with Gasteiger partial charge in [0.1, 0.15) is 5.82 Å². The first-order chi connectivity index (χ1) is 11.9. The smallest absolute Gasteiger partial charge is 0.170 e. The number of ether oxygens (including phenoxy) is 2. The van der Waals surface area contributed by atoms with Crippen LogP contribution in [0.2, 0.25) is 0 Å². The third-order valence-corrected chi connectivity index (χ3v) is 4.72. The summed E-state index contributed by atoms with van der Waals surface area (Å²) in [6.07, 6.45) is 0.728. The van der Waals surface area contributed by atoms with E-state index in [1.165, 1.54) is 6.07 Å². The van der Waals surface area contributed by atoms with Gasteiger partial charge >= 0.3 is 0 Å². The highest BCUT2D eigenvalue weighted by molar-refractivity contribution is 9.11. The summed E-state index contributed by atoms with van der Waals surface area (Å²) in [7, 11) is 3.20. The fourth-order valence-corrected chi connectivity index (χ4v) is 3.65. The highest BCUT2D eigenvalue weighted by Gasteiger charge is 2.10. The largest absolute Gasteiger partial charge is 0.493 e. The Balaban J connectivity index is 1.91. The quantitative estimate of drug-likeness (QED) is 0.563. The number of hydrogen-bond donors (Lipinski definition) is 2. The molecule has 0 heterocycles. The summed E-state index contributed by atoms with van der Waals surface area (Å²) >= 11 is 11.8. The molecule has 0 aliphatic carbocycles. The molecule has 0 bridgehead atoms. The summed E-state index contributed by atoms with van der Waals surface area (Å²) in [6.45, 7) is 0.594. The molecule has 0 aromatic heterocycles. The Hall–Kier alpha value is -1.38. The molecule has 134 valence electrons. The summed E-state index contributed by atoms with van der Waals surface area (Å²) in [5.74, 6) is 0.971. The number of benzene rings is 2. The zero-order chi connectivity index (χ0) is 18.4. The van der Waals surface area contributed by atoms with E-state index in [1.54, 1.807) is 20.3 Å². The number of hydrogen-bond acceptors (Lipinski definition) is 3. The van der Waals surface area contributed by atoms with Crippen molar-refractivity contribution in [1.29, 1.82) is 0 Å². The first-order valence-electron chi connectivity index (χ1n) is 7.35. The van der Waals surface area contributed by atoms with Crippen molar-refractivity contribution in [2.45, 2.75) is 6.42 Å². The molecule has 0 unspecified atom stereocenters. The topological polar surface area (TPSA) is 42.5 Å². The van der Waals surface area contributed by atoms with Crippen molar-refractivity contribution < 1.29 is 13.9 Å². The third-order valence-electron chi connectivity index (χ3n) is 3.39. The van der Waals surface area contributed by atoms with Gasteiger partial charge in [-0.15, -0.1) is 0 Å². The lowest BCUT2D eigenvalue weighted by Gasteiger charge is -2.13. The van der Waals surface area contributed by atoms with Crippen LogP contribution in [-0.4, -0.2) is 25.9 Å². The first-order valence-corrected chi connectivity index (χ1v) is 9.34. The Morgan fingerprint density at radius 1 is 1.12 bits per heavy atom. The Morgan fingerprint density at radius 2 is 1.84 bits per heavy atom. The van der Waals surface area contributed by atoms with E-state index in [2.05, 4.69) is 42.5 Å². The molecule has 0 spiro atoms. The van der Waals surface area contributed by atoms with Crippen molar-refractivity contribution in [3.8, 4) is 11.5 Å². The Morgan fingerprint density at radius 3 is 2.48 bits per heavy atom. The monoisotopic (exact) mass is 490 g/mol. The number of rotatable bonds is 6. The molecule has 4 nitrogen and oxygen atoms in total. The molecular formula is C17H17Br2FN2O2S. The van der Waals surface area contributed by atoms with Gasteiger partial charge in [0.05, 0.1) is 19.9 Å². The van der Waals surface area contributed by atoms with Crippen molar-refractivity contribution in [3.05, 3.63) is 50.7 Å². The Bertz CT molecular complexity index is 751. The van der Waals surface area contributed by atoms with Crippen LogP contribution in [0.4, 0.5) is 10.1 Å². The second-order valence-electron chi connectivity index (χ2n) is 5.06. The van der Waals surface area contributed by atoms with Gasteiger partial charge in [-0.3, -0.25) is 0 Å². The van der Waals surface area contributed by atoms with Crippen molar-refractivity contribution >= 4 is 54.9 Å². The van der Waals surface area contributed by atoms with Crippen LogP contribution in [0.3, 0.4) is 0 Å². The molecule has 0 aliphatic heterocycles. The van der Waals surface area contributed by atoms with E-state index in [9.17, 15) is 4.39 Å². The average molecular weight is 492 g/mol. The molecule has 2 aromatic rings. The molecule has 0 saturated heterocycles. The van der Waals surface area contributed by atoms with E-state index in [-0.39, 0.29) is 0 Å². The number of anilines is 1. The lowest BCUT2D eigenvalue weighted by Crippen LogP contribution is -2.30. The Labute approximate surface area is 168 Å². The minimum Gasteiger partial charge on any atom is -0.493 e. The van der Waals surface area contributed by atoms with Gasteiger partial charge in [-0.05, 0) is 64.4 Å². The summed E-state index contributed by atoms with van der Waals surface area (Å²) in [4.78, 5) is 0. The van der Waals surface area contributed by atoms with E-state index in [0.717, 1.165) is 12.0 Å². The van der Waals surface area contributed by atoms with E-state index in [1.807, 2.05) is 18.2 Å². The van der Waals surface area contributed by atoms with E-state index < -0.39 is 5.82 Å². The summed E-state index contributed by atoms with van der Waals surface area (Å²) < 4.78 is 25.7. The standard InChI is InChI=1S/C17H17Br2FN2O2S/c1-23-14-4-3-10(7-15(14)24-2)5-6-21-17(25)22-16-12(19)8-11(18)9-13(16)20/h3-4,7-9H,5-6H2,1-2H3,(H2,21,22,25). The van der Waals surface area contributed by atoms with Gasteiger partial charge in [0, 0.05) is 15.5 Å². The maximum absolute atomic E-state index is 14.0. The van der Waals surface area contributed by atoms with Crippen LogP contribution < -0.4 is 20.1 Å². The third kappa shape index (κ3) is 5.55. The fraction of sp³-hybridized carbons (Fsp3) is 0.235. The van der Waals surface area contributed by atoms with Gasteiger partial charge in [-0.25, -0.2) is 4.39 Å². The van der Waals surface area contributed by atoms with Crippen LogP contribution in [0.1, 0.15) is 5.56 Å². The highest BCUT2D eigenvalue weighted by Crippen LogP contribution is 2.30. The number of halogens is 3. The van der Waals surface area contributed by atoms with Gasteiger partial charge in [0.2, 0.25) is 0 Å². The normalized spacial score (nSPS) is 10.3. The zero-order valence-electron chi connectivity index (χ0n) is 13.7. The lowest BCUT2D eigenvalue weighted by atomic mass is 10.1. The maximum atomic E-state index is 14.0. The fourth-order valence-electron chi connectivity index (χ4n) is 2.18. The number of methoxy groups -OCH3 is 2. The molecule has 0 amide bonds. The van der Waals surface area contributed by atoms with Crippen molar-refractivity contribution in [1.82, 2.24) is 5.32 Å². The maximum Gasteiger partial charge on any atom is 0.170 e. The molecule has 0 saturated carbocycles.